The maximum atomic E-state index is 13.1. The summed E-state index contributed by atoms with van der Waals surface area (Å²) >= 11 is 1.08. The fourth-order valence-electron chi connectivity index (χ4n) is 5.98. The minimum atomic E-state index is -4.84. The van der Waals surface area contributed by atoms with Crippen LogP contribution in [-0.2, 0) is 11.3 Å². The minimum absolute atomic E-state index is 0.0898. The molecule has 3 fully saturated rings. The van der Waals surface area contributed by atoms with E-state index in [4.69, 9.17) is 13.7 Å². The highest BCUT2D eigenvalue weighted by molar-refractivity contribution is 7.17. The Bertz CT molecular complexity index is 1600. The molecule has 2 bridgehead atoms. The van der Waals surface area contributed by atoms with E-state index in [0.29, 0.717) is 40.8 Å². The number of ether oxygens (including phenoxy) is 2. The van der Waals surface area contributed by atoms with E-state index in [9.17, 15) is 23.1 Å². The van der Waals surface area contributed by atoms with E-state index >= 15 is 0 Å². The summed E-state index contributed by atoms with van der Waals surface area (Å²) in [5.41, 5.74) is 1.16. The number of benzene rings is 1. The highest BCUT2D eigenvalue weighted by Crippen LogP contribution is 2.46. The van der Waals surface area contributed by atoms with Crippen LogP contribution >= 0.6 is 11.3 Å². The summed E-state index contributed by atoms with van der Waals surface area (Å²) in [7, 11) is 0. The molecule has 2 atom stereocenters. The molecule has 10 nitrogen and oxygen atoms in total. The first-order chi connectivity index (χ1) is 20.2. The number of nitrogens with zero attached hydrogens (tertiary/aromatic N) is 4. The molecule has 2 unspecified atom stereocenters. The number of carboxylic acids is 1. The molecule has 1 aromatic carbocycles. The van der Waals surface area contributed by atoms with E-state index in [1.54, 1.807) is 12.1 Å². The maximum absolute atomic E-state index is 13.1. The van der Waals surface area contributed by atoms with Crippen LogP contribution in [0, 0.1) is 0 Å². The zero-order chi connectivity index (χ0) is 29.0. The Labute approximate surface area is 241 Å². The van der Waals surface area contributed by atoms with Crippen molar-refractivity contribution in [1.29, 1.82) is 0 Å². The second-order valence-electron chi connectivity index (χ2n) is 10.7. The summed E-state index contributed by atoms with van der Waals surface area (Å²) in [6.07, 6.45) is 0.213. The third kappa shape index (κ3) is 5.24. The van der Waals surface area contributed by atoms with E-state index < -0.39 is 12.3 Å². The van der Waals surface area contributed by atoms with Gasteiger partial charge in [0, 0.05) is 29.1 Å². The molecule has 220 valence electrons. The average Bonchev–Trinajstić information content (AvgIpc) is 3.29. The molecule has 2 aliphatic heterocycles. The number of halogens is 3. The van der Waals surface area contributed by atoms with Crippen LogP contribution in [0.15, 0.2) is 45.3 Å². The number of piperidine rings is 1. The smallest absolute Gasteiger partial charge is 0.477 e. The van der Waals surface area contributed by atoms with Gasteiger partial charge in [0.25, 0.3) is 5.89 Å². The van der Waals surface area contributed by atoms with Gasteiger partial charge >= 0.3 is 18.3 Å². The first-order valence-corrected chi connectivity index (χ1v) is 14.5. The van der Waals surface area contributed by atoms with Crippen molar-refractivity contribution < 1.29 is 41.5 Å². The normalized spacial score (nSPS) is 22.1. The maximum Gasteiger partial charge on any atom is 0.573 e. The van der Waals surface area contributed by atoms with Gasteiger partial charge in [0.1, 0.15) is 22.1 Å². The Morgan fingerprint density at radius 3 is 2.52 bits per heavy atom. The molecule has 42 heavy (non-hydrogen) atoms. The van der Waals surface area contributed by atoms with Crippen molar-refractivity contribution in [2.45, 2.75) is 75.6 Å². The predicted molar refractivity (Wildman–Crippen MR) is 142 cm³/mol. The number of rotatable bonds is 9. The van der Waals surface area contributed by atoms with Gasteiger partial charge in [-0.05, 0) is 62.8 Å². The topological polar surface area (TPSA) is 124 Å². The first-order valence-electron chi connectivity index (χ1n) is 13.6. The summed E-state index contributed by atoms with van der Waals surface area (Å²) < 4.78 is 61.6. The number of aromatic carboxylic acids is 1. The summed E-state index contributed by atoms with van der Waals surface area (Å²) in [6, 6.07) is 9.71. The highest BCUT2D eigenvalue weighted by Gasteiger charge is 2.44. The van der Waals surface area contributed by atoms with Crippen LogP contribution in [0.25, 0.3) is 22.0 Å². The Hall–Kier alpha value is -3.91. The first kappa shape index (κ1) is 27.0. The lowest BCUT2D eigenvalue weighted by Crippen LogP contribution is -2.45. The molecule has 3 aromatic heterocycles. The van der Waals surface area contributed by atoms with E-state index in [-0.39, 0.29) is 52.8 Å². The van der Waals surface area contributed by atoms with E-state index in [0.717, 1.165) is 37.0 Å². The second-order valence-corrected chi connectivity index (χ2v) is 11.8. The summed E-state index contributed by atoms with van der Waals surface area (Å²) in [5, 5.41) is 21.8. The molecule has 0 amide bonds. The fourth-order valence-corrected chi connectivity index (χ4v) is 6.75. The zero-order valence-corrected chi connectivity index (χ0v) is 22.9. The number of fused-ring (bicyclic) bond motifs is 2. The molecule has 1 aliphatic carbocycles. The monoisotopic (exact) mass is 602 g/mol. The third-order valence-electron chi connectivity index (χ3n) is 7.95. The van der Waals surface area contributed by atoms with Crippen LogP contribution in [0.3, 0.4) is 0 Å². The van der Waals surface area contributed by atoms with Crippen LogP contribution in [0.5, 0.6) is 5.75 Å². The van der Waals surface area contributed by atoms with Crippen molar-refractivity contribution in [2.24, 2.45) is 0 Å². The van der Waals surface area contributed by atoms with Gasteiger partial charge in [-0.3, -0.25) is 0 Å². The van der Waals surface area contributed by atoms with Crippen LogP contribution in [0.1, 0.15) is 65.4 Å². The van der Waals surface area contributed by atoms with Crippen molar-refractivity contribution in [3.8, 4) is 27.8 Å². The van der Waals surface area contributed by atoms with Gasteiger partial charge in [0.15, 0.2) is 0 Å². The molecular formula is C28H25F3N4O6S. The van der Waals surface area contributed by atoms with Gasteiger partial charge in [0.05, 0.1) is 17.6 Å². The van der Waals surface area contributed by atoms with Gasteiger partial charge < -0.3 is 28.4 Å². The van der Waals surface area contributed by atoms with Gasteiger partial charge in [-0.15, -0.1) is 29.6 Å². The standard InChI is InChI=1S/C28H25F3N4O6S/c29-28(30,31)40-20-4-2-1-3-18(20)23-19(24(41-34-23)14-5-6-14)13-38-17-11-15-7-8-16(12-17)35(15)27-33-32-25(39-27)21-9-10-22(42-21)26(36)37/h1-4,9-10,14-17H,5-8,11-13H2,(H,36,37). The van der Waals surface area contributed by atoms with E-state index in [2.05, 4.69) is 25.0 Å². The van der Waals surface area contributed by atoms with Crippen LogP contribution in [0.4, 0.5) is 19.2 Å². The molecule has 14 heteroatoms. The molecule has 4 aromatic rings. The molecule has 0 spiro atoms. The van der Waals surface area contributed by atoms with Crippen LogP contribution in [0.2, 0.25) is 0 Å². The van der Waals surface area contributed by atoms with Crippen molar-refractivity contribution in [3.05, 3.63) is 52.6 Å². The molecule has 1 N–H and O–H groups in total. The number of hydrogen-bond donors (Lipinski definition) is 1. The zero-order valence-electron chi connectivity index (χ0n) is 22.0. The largest absolute Gasteiger partial charge is 0.573 e. The molecule has 5 heterocycles. The van der Waals surface area contributed by atoms with Gasteiger partial charge in [0.2, 0.25) is 0 Å². The van der Waals surface area contributed by atoms with Crippen molar-refractivity contribution in [3.63, 3.8) is 0 Å². The summed E-state index contributed by atoms with van der Waals surface area (Å²) in [4.78, 5) is 14.1. The Morgan fingerprint density at radius 1 is 1.07 bits per heavy atom. The second kappa shape index (κ2) is 10.4. The van der Waals surface area contributed by atoms with E-state index in [1.807, 2.05) is 0 Å². The average molecular weight is 603 g/mol. The Balaban J connectivity index is 1.07. The lowest BCUT2D eigenvalue weighted by molar-refractivity contribution is -0.274. The Kier molecular flexibility index (Phi) is 6.69. The van der Waals surface area contributed by atoms with Crippen LogP contribution < -0.4 is 9.64 Å². The molecule has 2 saturated heterocycles. The van der Waals surface area contributed by atoms with Crippen LogP contribution in [-0.4, -0.2) is 51.0 Å². The molecule has 0 radical (unpaired) electrons. The lowest BCUT2D eigenvalue weighted by Gasteiger charge is -2.37. The summed E-state index contributed by atoms with van der Waals surface area (Å²) in [6.45, 7) is 0.157. The highest BCUT2D eigenvalue weighted by atomic mass is 32.1. The predicted octanol–water partition coefficient (Wildman–Crippen LogP) is 6.64. The number of alkyl halides is 3. The number of aromatic nitrogens is 3. The number of para-hydroxylation sites is 1. The number of anilines is 1. The lowest BCUT2D eigenvalue weighted by atomic mass is 9.99. The summed E-state index contributed by atoms with van der Waals surface area (Å²) in [5.74, 6) is -0.227. The third-order valence-corrected chi connectivity index (χ3v) is 9.01. The molecule has 7 rings (SSSR count). The fraction of sp³-hybridized carbons (Fsp3) is 0.429. The van der Waals surface area contributed by atoms with Gasteiger partial charge in [-0.2, -0.15) is 0 Å². The molecule has 3 aliphatic rings. The number of thiophene rings is 1. The van der Waals surface area contributed by atoms with Gasteiger partial charge in [-0.25, -0.2) is 4.79 Å². The number of carboxylic acid groups (broad SMARTS) is 1. The quantitative estimate of drug-likeness (QED) is 0.223. The minimum Gasteiger partial charge on any atom is -0.477 e. The van der Waals surface area contributed by atoms with Crippen molar-refractivity contribution in [2.75, 3.05) is 4.90 Å². The number of hydrogen-bond acceptors (Lipinski definition) is 10. The van der Waals surface area contributed by atoms with Crippen molar-refractivity contribution in [1.82, 2.24) is 15.4 Å². The SMILES string of the molecule is O=C(O)c1ccc(-c2nnc(N3C4CCC3CC(OCc3c(-c5ccccc5OC(F)(F)F)noc3C3CC3)C4)o2)s1. The van der Waals surface area contributed by atoms with Crippen molar-refractivity contribution >= 4 is 23.3 Å². The molecular weight excluding hydrogens is 577 g/mol. The molecule has 1 saturated carbocycles. The Morgan fingerprint density at radius 2 is 1.83 bits per heavy atom. The van der Waals surface area contributed by atoms with E-state index in [1.165, 1.54) is 24.3 Å². The van der Waals surface area contributed by atoms with Gasteiger partial charge in [-0.1, -0.05) is 22.4 Å². The number of carbonyl (C=O) groups is 1.